The van der Waals surface area contributed by atoms with Crippen molar-refractivity contribution < 1.29 is 21.6 Å². The molecule has 0 saturated heterocycles. The molecule has 0 saturated carbocycles. The first-order valence-electron chi connectivity index (χ1n) is 5.51. The predicted octanol–water partition coefficient (Wildman–Crippen LogP) is 3.19. The second-order valence-corrected chi connectivity index (χ2v) is 6.24. The van der Waals surface area contributed by atoms with Crippen molar-refractivity contribution in [3.05, 3.63) is 40.5 Å². The van der Waals surface area contributed by atoms with Crippen LogP contribution in [-0.2, 0) is 16.2 Å². The summed E-state index contributed by atoms with van der Waals surface area (Å²) in [5.41, 5.74) is -0.520. The summed E-state index contributed by atoms with van der Waals surface area (Å²) in [4.78, 5) is -0.667. The van der Waals surface area contributed by atoms with E-state index in [4.69, 9.17) is 11.6 Å². The van der Waals surface area contributed by atoms with E-state index < -0.39 is 26.7 Å². The number of benzene rings is 1. The number of hydrogen-bond acceptors (Lipinski definition) is 3. The molecule has 0 aliphatic rings. The van der Waals surface area contributed by atoms with E-state index in [1.807, 2.05) is 0 Å². The van der Waals surface area contributed by atoms with Crippen LogP contribution in [0.5, 0.6) is 0 Å². The maximum Gasteiger partial charge on any atom is 0.416 e. The fourth-order valence-corrected chi connectivity index (χ4v) is 3.07. The van der Waals surface area contributed by atoms with Crippen molar-refractivity contribution >= 4 is 27.4 Å². The third-order valence-corrected chi connectivity index (χ3v) is 4.33. The molecule has 0 atom stereocenters. The van der Waals surface area contributed by atoms with Gasteiger partial charge < -0.3 is 0 Å². The van der Waals surface area contributed by atoms with Crippen LogP contribution in [-0.4, -0.2) is 18.6 Å². The Balaban J connectivity index is 2.44. The molecule has 0 spiro atoms. The molecule has 10 heteroatoms. The Morgan fingerprint density at radius 1 is 1.29 bits per heavy atom. The molecule has 114 valence electrons. The lowest BCUT2D eigenvalue weighted by Crippen LogP contribution is -2.15. The Morgan fingerprint density at radius 3 is 2.48 bits per heavy atom. The van der Waals surface area contributed by atoms with Crippen LogP contribution in [0.2, 0.25) is 5.02 Å². The molecule has 0 unspecified atom stereocenters. The van der Waals surface area contributed by atoms with Gasteiger partial charge in [0.2, 0.25) is 0 Å². The van der Waals surface area contributed by atoms with E-state index in [1.165, 1.54) is 6.07 Å². The summed E-state index contributed by atoms with van der Waals surface area (Å²) in [6.45, 7) is 1.64. The SMILES string of the molecule is Cc1cc(NS(=O)(=O)c2cc(C(F)(F)F)ccc2Cl)n[nH]1. The summed E-state index contributed by atoms with van der Waals surface area (Å²) in [6.07, 6.45) is -4.67. The molecule has 0 fully saturated rings. The standard InChI is InChI=1S/C11H9ClF3N3O2S/c1-6-4-10(17-16-6)18-21(19,20)9-5-7(11(13,14)15)2-3-8(9)12/h2-5H,1H3,(H2,16,17,18). The molecule has 1 aromatic heterocycles. The summed E-state index contributed by atoms with van der Waals surface area (Å²) >= 11 is 5.69. The number of aromatic amines is 1. The number of anilines is 1. The van der Waals surface area contributed by atoms with Gasteiger partial charge in [-0.2, -0.15) is 18.3 Å². The monoisotopic (exact) mass is 339 g/mol. The van der Waals surface area contributed by atoms with Crippen LogP contribution >= 0.6 is 11.6 Å². The highest BCUT2D eigenvalue weighted by Gasteiger charge is 2.32. The molecule has 2 rings (SSSR count). The molecule has 21 heavy (non-hydrogen) atoms. The first kappa shape index (κ1) is 15.6. The topological polar surface area (TPSA) is 74.8 Å². The van der Waals surface area contributed by atoms with E-state index in [9.17, 15) is 21.6 Å². The van der Waals surface area contributed by atoms with Crippen molar-refractivity contribution in [1.29, 1.82) is 0 Å². The van der Waals surface area contributed by atoms with Crippen LogP contribution in [0.15, 0.2) is 29.2 Å². The van der Waals surface area contributed by atoms with Crippen LogP contribution in [0.4, 0.5) is 19.0 Å². The van der Waals surface area contributed by atoms with E-state index in [1.54, 1.807) is 6.92 Å². The van der Waals surface area contributed by atoms with Gasteiger partial charge in [-0.25, -0.2) is 8.42 Å². The van der Waals surface area contributed by atoms with Gasteiger partial charge in [0.15, 0.2) is 5.82 Å². The predicted molar refractivity (Wildman–Crippen MR) is 70.6 cm³/mol. The van der Waals surface area contributed by atoms with Gasteiger partial charge in [0, 0.05) is 11.8 Å². The van der Waals surface area contributed by atoms with E-state index in [0.29, 0.717) is 17.8 Å². The van der Waals surface area contributed by atoms with Crippen LogP contribution < -0.4 is 4.72 Å². The lowest BCUT2D eigenvalue weighted by Gasteiger charge is -2.11. The summed E-state index contributed by atoms with van der Waals surface area (Å²) in [5, 5.41) is 5.83. The number of H-pyrrole nitrogens is 1. The molecule has 1 heterocycles. The highest BCUT2D eigenvalue weighted by Crippen LogP contribution is 2.33. The lowest BCUT2D eigenvalue weighted by molar-refractivity contribution is -0.137. The number of hydrogen-bond donors (Lipinski definition) is 2. The first-order chi connectivity index (χ1) is 9.59. The Hall–Kier alpha value is -1.74. The fourth-order valence-electron chi connectivity index (χ4n) is 1.55. The zero-order valence-corrected chi connectivity index (χ0v) is 12.1. The molecule has 0 bridgehead atoms. The van der Waals surface area contributed by atoms with Crippen LogP contribution in [0.3, 0.4) is 0 Å². The molecule has 2 N–H and O–H groups in total. The lowest BCUT2D eigenvalue weighted by atomic mass is 10.2. The van der Waals surface area contributed by atoms with Crippen molar-refractivity contribution in [2.45, 2.75) is 18.0 Å². The zero-order valence-electron chi connectivity index (χ0n) is 10.5. The number of alkyl halides is 3. The van der Waals surface area contributed by atoms with Gasteiger partial charge in [-0.1, -0.05) is 11.6 Å². The second kappa shape index (κ2) is 5.23. The van der Waals surface area contributed by atoms with E-state index >= 15 is 0 Å². The molecule has 0 radical (unpaired) electrons. The van der Waals surface area contributed by atoms with Crippen molar-refractivity contribution in [2.75, 3.05) is 4.72 Å². The van der Waals surface area contributed by atoms with Gasteiger partial charge >= 0.3 is 6.18 Å². The Labute approximate surface area is 123 Å². The van der Waals surface area contributed by atoms with Crippen LogP contribution in [0, 0.1) is 6.92 Å². The Kier molecular flexibility index (Phi) is 3.89. The number of aromatic nitrogens is 2. The number of halogens is 4. The van der Waals surface area contributed by atoms with Gasteiger partial charge in [-0.3, -0.25) is 9.82 Å². The first-order valence-corrected chi connectivity index (χ1v) is 7.37. The Bertz CT molecular complexity index is 771. The number of nitrogens with zero attached hydrogens (tertiary/aromatic N) is 1. The van der Waals surface area contributed by atoms with Gasteiger partial charge in [0.1, 0.15) is 4.90 Å². The molecular formula is C11H9ClF3N3O2S. The van der Waals surface area contributed by atoms with E-state index in [-0.39, 0.29) is 10.8 Å². The summed E-state index contributed by atoms with van der Waals surface area (Å²) in [7, 11) is -4.28. The minimum Gasteiger partial charge on any atom is -0.281 e. The minimum absolute atomic E-state index is 0.0408. The fraction of sp³-hybridized carbons (Fsp3) is 0.182. The number of rotatable bonds is 3. The van der Waals surface area contributed by atoms with Crippen LogP contribution in [0.25, 0.3) is 0 Å². The van der Waals surface area contributed by atoms with Gasteiger partial charge in [-0.15, -0.1) is 0 Å². The number of aryl methyl sites for hydroxylation is 1. The quantitative estimate of drug-likeness (QED) is 0.901. The maximum atomic E-state index is 12.6. The normalized spacial score (nSPS) is 12.4. The number of sulfonamides is 1. The summed E-state index contributed by atoms with van der Waals surface area (Å²) in [5.74, 6) is -0.0408. The molecule has 0 aliphatic heterocycles. The van der Waals surface area contributed by atoms with Crippen molar-refractivity contribution in [2.24, 2.45) is 0 Å². The minimum atomic E-state index is -4.67. The van der Waals surface area contributed by atoms with E-state index in [0.717, 1.165) is 6.07 Å². The highest BCUT2D eigenvalue weighted by atomic mass is 35.5. The van der Waals surface area contributed by atoms with Gasteiger partial charge in [0.25, 0.3) is 10.0 Å². The average molecular weight is 340 g/mol. The molecule has 1 aromatic carbocycles. The number of nitrogens with one attached hydrogen (secondary N) is 2. The van der Waals surface area contributed by atoms with Crippen molar-refractivity contribution in [1.82, 2.24) is 10.2 Å². The smallest absolute Gasteiger partial charge is 0.281 e. The third-order valence-electron chi connectivity index (χ3n) is 2.49. The van der Waals surface area contributed by atoms with E-state index in [2.05, 4.69) is 14.9 Å². The highest BCUT2D eigenvalue weighted by molar-refractivity contribution is 7.92. The van der Waals surface area contributed by atoms with Gasteiger partial charge in [-0.05, 0) is 25.1 Å². The summed E-state index contributed by atoms with van der Waals surface area (Å²) in [6, 6.07) is 3.46. The van der Waals surface area contributed by atoms with Crippen molar-refractivity contribution in [3.63, 3.8) is 0 Å². The molecule has 5 nitrogen and oxygen atoms in total. The molecular weight excluding hydrogens is 331 g/mol. The zero-order chi connectivity index (χ0) is 15.8. The maximum absolute atomic E-state index is 12.6. The average Bonchev–Trinajstić information content (AvgIpc) is 2.72. The third kappa shape index (κ3) is 3.48. The summed E-state index contributed by atoms with van der Waals surface area (Å²) < 4.78 is 64.2. The van der Waals surface area contributed by atoms with Crippen molar-refractivity contribution in [3.8, 4) is 0 Å². The largest absolute Gasteiger partial charge is 0.416 e. The van der Waals surface area contributed by atoms with Gasteiger partial charge in [0.05, 0.1) is 10.6 Å². The Morgan fingerprint density at radius 2 is 1.95 bits per heavy atom. The molecule has 2 aromatic rings. The second-order valence-electron chi connectivity index (χ2n) is 4.18. The molecule has 0 amide bonds. The molecule has 0 aliphatic carbocycles. The van der Waals surface area contributed by atoms with Crippen LogP contribution in [0.1, 0.15) is 11.3 Å².